The molecule has 1 aromatic carbocycles. The minimum absolute atomic E-state index is 0.0174. The number of hydrogen-bond donors (Lipinski definition) is 2. The topological polar surface area (TPSA) is 50.4 Å². The summed E-state index contributed by atoms with van der Waals surface area (Å²) in [5, 5.41) is 6.02. The SMILES string of the molecule is CSc1cccc(NC(=O)CNCC2CCCO2)c1. The Hall–Kier alpha value is -1.04. The summed E-state index contributed by atoms with van der Waals surface area (Å²) in [5.74, 6) is -0.0174. The third-order valence-electron chi connectivity index (χ3n) is 3.04. The zero-order chi connectivity index (χ0) is 13.5. The second kappa shape index (κ2) is 7.53. The monoisotopic (exact) mass is 280 g/mol. The van der Waals surface area contributed by atoms with Crippen molar-refractivity contribution in [1.82, 2.24) is 5.32 Å². The molecular weight excluding hydrogens is 260 g/mol. The third kappa shape index (κ3) is 4.86. The molecule has 4 nitrogen and oxygen atoms in total. The lowest BCUT2D eigenvalue weighted by Gasteiger charge is -2.11. The van der Waals surface area contributed by atoms with E-state index in [1.165, 1.54) is 0 Å². The third-order valence-corrected chi connectivity index (χ3v) is 3.76. The highest BCUT2D eigenvalue weighted by atomic mass is 32.2. The maximum absolute atomic E-state index is 11.8. The van der Waals surface area contributed by atoms with E-state index in [-0.39, 0.29) is 12.0 Å². The van der Waals surface area contributed by atoms with E-state index in [1.807, 2.05) is 30.5 Å². The Labute approximate surface area is 118 Å². The lowest BCUT2D eigenvalue weighted by Crippen LogP contribution is -2.33. The van der Waals surface area contributed by atoms with Crippen LogP contribution in [0.2, 0.25) is 0 Å². The van der Waals surface area contributed by atoms with Crippen LogP contribution in [0.1, 0.15) is 12.8 Å². The van der Waals surface area contributed by atoms with Crippen LogP contribution >= 0.6 is 11.8 Å². The fourth-order valence-corrected chi connectivity index (χ4v) is 2.52. The first kappa shape index (κ1) is 14.4. The molecule has 19 heavy (non-hydrogen) atoms. The highest BCUT2D eigenvalue weighted by Gasteiger charge is 2.15. The maximum Gasteiger partial charge on any atom is 0.238 e. The molecule has 104 valence electrons. The molecule has 1 fully saturated rings. The number of carbonyl (C=O) groups excluding carboxylic acids is 1. The molecule has 1 aliphatic heterocycles. The van der Waals surface area contributed by atoms with E-state index in [0.717, 1.165) is 36.6 Å². The summed E-state index contributed by atoms with van der Waals surface area (Å²) in [6.45, 7) is 1.92. The van der Waals surface area contributed by atoms with Crippen LogP contribution in [0.5, 0.6) is 0 Å². The van der Waals surface area contributed by atoms with Crippen molar-refractivity contribution in [2.45, 2.75) is 23.8 Å². The number of anilines is 1. The standard InChI is InChI=1S/C14H20N2O2S/c1-19-13-6-2-4-11(8-13)16-14(17)10-15-9-12-5-3-7-18-12/h2,4,6,8,12,15H,3,5,7,9-10H2,1H3,(H,16,17). The first-order chi connectivity index (χ1) is 9.28. The first-order valence-corrected chi connectivity index (χ1v) is 7.76. The van der Waals surface area contributed by atoms with Gasteiger partial charge in [0.25, 0.3) is 0 Å². The van der Waals surface area contributed by atoms with E-state index in [2.05, 4.69) is 10.6 Å². The van der Waals surface area contributed by atoms with E-state index in [0.29, 0.717) is 6.54 Å². The number of thioether (sulfide) groups is 1. The van der Waals surface area contributed by atoms with Crippen LogP contribution in [0, 0.1) is 0 Å². The van der Waals surface area contributed by atoms with E-state index in [9.17, 15) is 4.79 Å². The highest BCUT2D eigenvalue weighted by Crippen LogP contribution is 2.18. The van der Waals surface area contributed by atoms with Crippen molar-refractivity contribution in [2.24, 2.45) is 0 Å². The minimum atomic E-state index is -0.0174. The lowest BCUT2D eigenvalue weighted by atomic mass is 10.2. The van der Waals surface area contributed by atoms with E-state index < -0.39 is 0 Å². The predicted molar refractivity (Wildman–Crippen MR) is 78.7 cm³/mol. The molecule has 2 N–H and O–H groups in total. The Morgan fingerprint density at radius 2 is 2.42 bits per heavy atom. The van der Waals surface area contributed by atoms with Gasteiger partial charge in [-0.3, -0.25) is 4.79 Å². The van der Waals surface area contributed by atoms with Crippen LogP contribution in [0.3, 0.4) is 0 Å². The van der Waals surface area contributed by atoms with Gasteiger partial charge in [-0.1, -0.05) is 6.07 Å². The van der Waals surface area contributed by atoms with Crippen molar-refractivity contribution in [3.05, 3.63) is 24.3 Å². The lowest BCUT2D eigenvalue weighted by molar-refractivity contribution is -0.115. The van der Waals surface area contributed by atoms with Crippen molar-refractivity contribution in [2.75, 3.05) is 31.3 Å². The number of carbonyl (C=O) groups is 1. The molecule has 0 aliphatic carbocycles. The van der Waals surface area contributed by atoms with Gasteiger partial charge in [0.2, 0.25) is 5.91 Å². The molecule has 0 radical (unpaired) electrons. The summed E-state index contributed by atoms with van der Waals surface area (Å²) in [7, 11) is 0. The molecular formula is C14H20N2O2S. The van der Waals surface area contributed by atoms with Gasteiger partial charge in [0.05, 0.1) is 12.6 Å². The minimum Gasteiger partial charge on any atom is -0.377 e. The Balaban J connectivity index is 1.70. The summed E-state index contributed by atoms with van der Waals surface area (Å²) < 4.78 is 5.49. The smallest absolute Gasteiger partial charge is 0.238 e. The summed E-state index contributed by atoms with van der Waals surface area (Å²) in [4.78, 5) is 12.9. The van der Waals surface area contributed by atoms with Crippen molar-refractivity contribution in [3.8, 4) is 0 Å². The number of hydrogen-bond acceptors (Lipinski definition) is 4. The van der Waals surface area contributed by atoms with Crippen molar-refractivity contribution in [3.63, 3.8) is 0 Å². The fourth-order valence-electron chi connectivity index (χ4n) is 2.06. The summed E-state index contributed by atoms with van der Waals surface area (Å²) in [6, 6.07) is 7.84. The molecule has 0 spiro atoms. The zero-order valence-electron chi connectivity index (χ0n) is 11.1. The van der Waals surface area contributed by atoms with Crippen LogP contribution in [-0.4, -0.2) is 38.0 Å². The van der Waals surface area contributed by atoms with Gasteiger partial charge in [0, 0.05) is 23.7 Å². The van der Waals surface area contributed by atoms with Crippen molar-refractivity contribution >= 4 is 23.4 Å². The molecule has 1 saturated heterocycles. The summed E-state index contributed by atoms with van der Waals surface area (Å²) >= 11 is 1.66. The molecule has 0 saturated carbocycles. The van der Waals surface area contributed by atoms with Crippen molar-refractivity contribution < 1.29 is 9.53 Å². The van der Waals surface area contributed by atoms with Crippen molar-refractivity contribution in [1.29, 1.82) is 0 Å². The predicted octanol–water partition coefficient (Wildman–Crippen LogP) is 2.12. The van der Waals surface area contributed by atoms with Gasteiger partial charge in [-0.2, -0.15) is 0 Å². The Bertz CT molecular complexity index is 420. The van der Waals surface area contributed by atoms with Gasteiger partial charge < -0.3 is 15.4 Å². The molecule has 1 heterocycles. The largest absolute Gasteiger partial charge is 0.377 e. The molecule has 0 bridgehead atoms. The average molecular weight is 280 g/mol. The molecule has 0 aromatic heterocycles. The van der Waals surface area contributed by atoms with Crippen LogP contribution in [-0.2, 0) is 9.53 Å². The number of nitrogens with one attached hydrogen (secondary N) is 2. The number of amides is 1. The van der Waals surface area contributed by atoms with Gasteiger partial charge in [0.15, 0.2) is 0 Å². The number of ether oxygens (including phenoxy) is 1. The van der Waals surface area contributed by atoms with Crippen LogP contribution in [0.25, 0.3) is 0 Å². The maximum atomic E-state index is 11.8. The molecule has 1 unspecified atom stereocenters. The zero-order valence-corrected chi connectivity index (χ0v) is 12.0. The van der Waals surface area contributed by atoms with Gasteiger partial charge in [-0.25, -0.2) is 0 Å². The van der Waals surface area contributed by atoms with E-state index in [1.54, 1.807) is 11.8 Å². The number of benzene rings is 1. The molecule has 2 rings (SSSR count). The number of rotatable bonds is 6. The summed E-state index contributed by atoms with van der Waals surface area (Å²) in [6.07, 6.45) is 4.50. The van der Waals surface area contributed by atoms with Crippen LogP contribution in [0.15, 0.2) is 29.2 Å². The highest BCUT2D eigenvalue weighted by molar-refractivity contribution is 7.98. The molecule has 1 aromatic rings. The Morgan fingerprint density at radius 1 is 1.53 bits per heavy atom. The quantitative estimate of drug-likeness (QED) is 0.784. The Kier molecular flexibility index (Phi) is 5.69. The molecule has 5 heteroatoms. The van der Waals surface area contributed by atoms with Crippen LogP contribution in [0.4, 0.5) is 5.69 Å². The van der Waals surface area contributed by atoms with Gasteiger partial charge >= 0.3 is 0 Å². The molecule has 1 amide bonds. The normalized spacial score (nSPS) is 18.5. The fraction of sp³-hybridized carbons (Fsp3) is 0.500. The average Bonchev–Trinajstić information content (AvgIpc) is 2.92. The molecule has 1 atom stereocenters. The van der Waals surface area contributed by atoms with Gasteiger partial charge in [-0.15, -0.1) is 11.8 Å². The van der Waals surface area contributed by atoms with E-state index in [4.69, 9.17) is 4.74 Å². The summed E-state index contributed by atoms with van der Waals surface area (Å²) in [5.41, 5.74) is 0.843. The first-order valence-electron chi connectivity index (χ1n) is 6.54. The van der Waals surface area contributed by atoms with Crippen LogP contribution < -0.4 is 10.6 Å². The van der Waals surface area contributed by atoms with E-state index >= 15 is 0 Å². The van der Waals surface area contributed by atoms with Gasteiger partial charge in [-0.05, 0) is 37.3 Å². The van der Waals surface area contributed by atoms with Gasteiger partial charge in [0.1, 0.15) is 0 Å². The second-order valence-corrected chi connectivity index (χ2v) is 5.43. The second-order valence-electron chi connectivity index (χ2n) is 4.55. The Morgan fingerprint density at radius 3 is 3.16 bits per heavy atom. The molecule has 1 aliphatic rings.